The van der Waals surface area contributed by atoms with Crippen LogP contribution in [0.1, 0.15) is 31.2 Å². The molecule has 30 heavy (non-hydrogen) atoms. The van der Waals surface area contributed by atoms with E-state index < -0.39 is 10.0 Å². The molecule has 160 valence electrons. The molecular formula is C21H25N3O5S. The van der Waals surface area contributed by atoms with E-state index in [-0.39, 0.29) is 10.8 Å². The molecule has 1 aliphatic heterocycles. The van der Waals surface area contributed by atoms with Crippen LogP contribution in [0.4, 0.5) is 5.69 Å². The quantitative estimate of drug-likeness (QED) is 0.594. The average molecular weight is 432 g/mol. The van der Waals surface area contributed by atoms with Gasteiger partial charge in [0.25, 0.3) is 10.0 Å². The fourth-order valence-electron chi connectivity index (χ4n) is 3.13. The first-order valence-electron chi connectivity index (χ1n) is 9.63. The van der Waals surface area contributed by atoms with Gasteiger partial charge in [-0.05, 0) is 37.1 Å². The normalized spacial score (nSPS) is 15.3. The molecule has 9 heteroatoms. The lowest BCUT2D eigenvalue weighted by molar-refractivity contribution is -0.116. The summed E-state index contributed by atoms with van der Waals surface area (Å²) < 4.78 is 37.0. The van der Waals surface area contributed by atoms with E-state index in [4.69, 9.17) is 9.47 Å². The number of hydrogen-bond donors (Lipinski definition) is 2. The molecule has 2 N–H and O–H groups in total. The number of amides is 1. The molecule has 0 radical (unpaired) electrons. The van der Waals surface area contributed by atoms with Gasteiger partial charge in [0.15, 0.2) is 0 Å². The molecule has 8 nitrogen and oxygen atoms in total. The van der Waals surface area contributed by atoms with Gasteiger partial charge in [0.2, 0.25) is 5.91 Å². The number of hydrogen-bond acceptors (Lipinski definition) is 6. The van der Waals surface area contributed by atoms with Crippen LogP contribution in [-0.2, 0) is 14.8 Å². The largest absolute Gasteiger partial charge is 0.497 e. The summed E-state index contributed by atoms with van der Waals surface area (Å²) >= 11 is 0. The second-order valence-corrected chi connectivity index (χ2v) is 8.41. The lowest BCUT2D eigenvalue weighted by Gasteiger charge is -2.11. The smallest absolute Gasteiger partial charge is 0.263 e. The summed E-state index contributed by atoms with van der Waals surface area (Å²) in [6.07, 6.45) is 2.64. The monoisotopic (exact) mass is 431 g/mol. The molecule has 0 aliphatic carbocycles. The number of nitrogens with one attached hydrogen (secondary N) is 2. The molecule has 2 aromatic carbocycles. The maximum atomic E-state index is 12.2. The molecule has 1 heterocycles. The third kappa shape index (κ3) is 5.10. The minimum atomic E-state index is -3.51. The Morgan fingerprint density at radius 1 is 1.07 bits per heavy atom. The number of fused-ring (bicyclic) bond motifs is 1. The maximum Gasteiger partial charge on any atom is 0.263 e. The molecule has 0 atom stereocenters. The minimum absolute atomic E-state index is 0.0951. The van der Waals surface area contributed by atoms with Gasteiger partial charge in [0, 0.05) is 24.6 Å². The van der Waals surface area contributed by atoms with E-state index in [0.29, 0.717) is 48.0 Å². The van der Waals surface area contributed by atoms with Crippen molar-refractivity contribution in [2.75, 3.05) is 26.1 Å². The summed E-state index contributed by atoms with van der Waals surface area (Å²) in [4.78, 5) is 16.8. The van der Waals surface area contributed by atoms with Gasteiger partial charge in [-0.25, -0.2) is 8.42 Å². The Morgan fingerprint density at radius 3 is 2.63 bits per heavy atom. The summed E-state index contributed by atoms with van der Waals surface area (Å²) in [6.45, 7) is 0.486. The molecule has 0 bridgehead atoms. The number of carbonyl (C=O) groups excluding carboxylic acids is 1. The Morgan fingerprint density at radius 2 is 1.87 bits per heavy atom. The van der Waals surface area contributed by atoms with Crippen molar-refractivity contribution in [2.24, 2.45) is 4.99 Å². The average Bonchev–Trinajstić information content (AvgIpc) is 3.01. The highest BCUT2D eigenvalue weighted by Gasteiger charge is 2.29. The van der Waals surface area contributed by atoms with Crippen LogP contribution >= 0.6 is 0 Å². The van der Waals surface area contributed by atoms with Crippen molar-refractivity contribution < 1.29 is 22.7 Å². The van der Waals surface area contributed by atoms with Gasteiger partial charge in [0.05, 0.1) is 24.8 Å². The number of anilines is 1. The third-order valence-electron chi connectivity index (χ3n) is 4.68. The number of ether oxygens (including phenoxy) is 2. The Labute approximate surface area is 176 Å². The van der Waals surface area contributed by atoms with Crippen LogP contribution in [0.5, 0.6) is 11.5 Å². The van der Waals surface area contributed by atoms with E-state index in [0.717, 1.165) is 12.8 Å². The Kier molecular flexibility index (Phi) is 6.94. The van der Waals surface area contributed by atoms with Crippen molar-refractivity contribution >= 4 is 27.5 Å². The molecule has 0 aromatic heterocycles. The highest BCUT2D eigenvalue weighted by Crippen LogP contribution is 2.29. The SMILES string of the molecule is COc1ccc(NC(=O)CCCCCN=C2NS(=O)(=O)c3ccccc32)c(OC)c1. The standard InChI is InChI=1S/C21H25N3O5S/c1-28-15-11-12-17(18(14-15)29-2)23-20(25)10-4-3-7-13-22-21-16-8-5-6-9-19(16)30(26,27)24-21/h5-6,8-9,11-12,14H,3-4,7,10,13H2,1-2H3,(H,22,24)(H,23,25). The molecule has 0 unspecified atom stereocenters. The first-order chi connectivity index (χ1) is 14.4. The second-order valence-electron chi connectivity index (χ2n) is 6.76. The van der Waals surface area contributed by atoms with E-state index in [1.807, 2.05) is 0 Å². The maximum absolute atomic E-state index is 12.2. The van der Waals surface area contributed by atoms with Gasteiger partial charge in [-0.2, -0.15) is 0 Å². The van der Waals surface area contributed by atoms with Crippen LogP contribution in [0, 0.1) is 0 Å². The summed E-state index contributed by atoms with van der Waals surface area (Å²) in [5.74, 6) is 1.48. The molecular weight excluding hydrogens is 406 g/mol. The molecule has 0 fully saturated rings. The number of carbonyl (C=O) groups is 1. The zero-order valence-electron chi connectivity index (χ0n) is 17.0. The summed E-state index contributed by atoms with van der Waals surface area (Å²) in [5, 5.41) is 2.84. The van der Waals surface area contributed by atoms with Gasteiger partial charge in [-0.3, -0.25) is 14.5 Å². The van der Waals surface area contributed by atoms with E-state index >= 15 is 0 Å². The van der Waals surface area contributed by atoms with Gasteiger partial charge in [-0.15, -0.1) is 0 Å². The predicted octanol–water partition coefficient (Wildman–Crippen LogP) is 2.94. The second kappa shape index (κ2) is 9.62. The number of amidine groups is 1. The van der Waals surface area contributed by atoms with Gasteiger partial charge in [0.1, 0.15) is 17.3 Å². The highest BCUT2D eigenvalue weighted by molar-refractivity contribution is 7.90. The lowest BCUT2D eigenvalue weighted by Crippen LogP contribution is -2.22. The third-order valence-corrected chi connectivity index (χ3v) is 6.07. The van der Waals surface area contributed by atoms with Crippen molar-refractivity contribution in [1.29, 1.82) is 0 Å². The highest BCUT2D eigenvalue weighted by atomic mass is 32.2. The fraction of sp³-hybridized carbons (Fsp3) is 0.333. The molecule has 1 aliphatic rings. The van der Waals surface area contributed by atoms with Gasteiger partial charge >= 0.3 is 0 Å². The van der Waals surface area contributed by atoms with E-state index in [9.17, 15) is 13.2 Å². The van der Waals surface area contributed by atoms with Crippen molar-refractivity contribution in [3.8, 4) is 11.5 Å². The van der Waals surface area contributed by atoms with Crippen molar-refractivity contribution in [1.82, 2.24) is 4.72 Å². The Hall–Kier alpha value is -3.07. The number of unbranched alkanes of at least 4 members (excludes halogenated alkanes) is 2. The number of sulfonamides is 1. The summed E-state index contributed by atoms with van der Waals surface area (Å²) in [6, 6.07) is 12.0. The van der Waals surface area contributed by atoms with Crippen LogP contribution in [-0.4, -0.2) is 40.9 Å². The molecule has 0 saturated carbocycles. The topological polar surface area (TPSA) is 106 Å². The predicted molar refractivity (Wildman–Crippen MR) is 115 cm³/mol. The van der Waals surface area contributed by atoms with Gasteiger partial charge in [-0.1, -0.05) is 18.6 Å². The zero-order valence-corrected chi connectivity index (χ0v) is 17.8. The minimum Gasteiger partial charge on any atom is -0.497 e. The van der Waals surface area contributed by atoms with Crippen LogP contribution in [0.2, 0.25) is 0 Å². The number of benzene rings is 2. The molecule has 3 rings (SSSR count). The number of methoxy groups -OCH3 is 2. The number of rotatable bonds is 9. The number of nitrogens with zero attached hydrogens (tertiary/aromatic N) is 1. The first kappa shape index (κ1) is 21.6. The Balaban J connectivity index is 1.43. The van der Waals surface area contributed by atoms with Crippen LogP contribution in [0.3, 0.4) is 0 Å². The van der Waals surface area contributed by atoms with E-state index in [2.05, 4.69) is 15.0 Å². The molecule has 1 amide bonds. The molecule has 0 spiro atoms. The fourth-order valence-corrected chi connectivity index (χ4v) is 4.38. The summed E-state index contributed by atoms with van der Waals surface area (Å²) in [5.41, 5.74) is 1.20. The summed E-state index contributed by atoms with van der Waals surface area (Å²) in [7, 11) is -0.401. The van der Waals surface area contributed by atoms with E-state index in [1.165, 1.54) is 7.11 Å². The zero-order chi connectivity index (χ0) is 21.6. The van der Waals surface area contributed by atoms with Crippen LogP contribution in [0.25, 0.3) is 0 Å². The number of aliphatic imine (C=N–C) groups is 1. The van der Waals surface area contributed by atoms with Crippen molar-refractivity contribution in [3.05, 3.63) is 48.0 Å². The van der Waals surface area contributed by atoms with Crippen LogP contribution in [0.15, 0.2) is 52.4 Å². The van der Waals surface area contributed by atoms with E-state index in [1.54, 1.807) is 49.6 Å². The molecule has 0 saturated heterocycles. The van der Waals surface area contributed by atoms with Gasteiger partial charge < -0.3 is 14.8 Å². The molecule has 2 aromatic rings. The van der Waals surface area contributed by atoms with Crippen molar-refractivity contribution in [2.45, 2.75) is 30.6 Å². The lowest BCUT2D eigenvalue weighted by atomic mass is 10.1. The van der Waals surface area contributed by atoms with Crippen molar-refractivity contribution in [3.63, 3.8) is 0 Å². The first-order valence-corrected chi connectivity index (χ1v) is 11.1. The Bertz CT molecular complexity index is 1050. The van der Waals surface area contributed by atoms with Crippen LogP contribution < -0.4 is 19.5 Å².